The van der Waals surface area contributed by atoms with Gasteiger partial charge in [-0.25, -0.2) is 0 Å². The van der Waals surface area contributed by atoms with Crippen LogP contribution in [0.5, 0.6) is 5.75 Å². The normalized spacial score (nSPS) is 12.8. The molecule has 152 valence electrons. The van der Waals surface area contributed by atoms with Gasteiger partial charge in [0.15, 0.2) is 0 Å². The molecule has 0 atom stereocenters. The van der Waals surface area contributed by atoms with Crippen molar-refractivity contribution in [1.29, 1.82) is 0 Å². The predicted molar refractivity (Wildman–Crippen MR) is 140 cm³/mol. The first kappa shape index (κ1) is 21.1. The van der Waals surface area contributed by atoms with Crippen molar-refractivity contribution >= 4 is 42.2 Å². The van der Waals surface area contributed by atoms with Gasteiger partial charge in [-0.15, -0.1) is 0 Å². The molecule has 4 aromatic rings. The molecule has 0 aliphatic heterocycles. The summed E-state index contributed by atoms with van der Waals surface area (Å²) in [5.74, 6) is 0.376. The molecule has 0 fully saturated rings. The summed E-state index contributed by atoms with van der Waals surface area (Å²) in [5, 5.41) is 14.8. The fraction of sp³-hybridized carbons (Fsp3) is 0.111. The van der Waals surface area contributed by atoms with E-state index in [1.165, 1.54) is 21.5 Å². The number of hydrogen-bond acceptors (Lipinski definition) is 1. The number of phenolic OH excluding ortho intramolecular Hbond substituents is 1. The van der Waals surface area contributed by atoms with Crippen molar-refractivity contribution < 1.29 is 5.11 Å². The predicted octanol–water partition coefficient (Wildman–Crippen LogP) is 6.33. The molecule has 0 heterocycles. The van der Waals surface area contributed by atoms with E-state index in [9.17, 15) is 5.11 Å². The van der Waals surface area contributed by atoms with Gasteiger partial charge < -0.3 is 0 Å². The summed E-state index contributed by atoms with van der Waals surface area (Å²) in [6.45, 7) is 2.16. The van der Waals surface area contributed by atoms with Gasteiger partial charge in [-0.05, 0) is 0 Å². The molecule has 0 saturated carbocycles. The number of halogens is 1. The number of hydrogen-bond donors (Lipinski definition) is 1. The standard InChI is InChI=1S/C27H26IOP/c1-2-22-18-19-27(29)23(20-22)21-30(28,24-12-6-3-7-13-24,25-14-8-4-9-15-25)26-16-10-5-11-17-26/h3-20,29H,2,21H2,1H3. The molecular formula is C27H26IOP. The number of rotatable bonds is 6. The molecule has 30 heavy (non-hydrogen) atoms. The molecule has 4 aromatic carbocycles. The van der Waals surface area contributed by atoms with E-state index < -0.39 is 4.25 Å². The van der Waals surface area contributed by atoms with E-state index in [2.05, 4.69) is 126 Å². The summed E-state index contributed by atoms with van der Waals surface area (Å²) in [4.78, 5) is 0. The van der Waals surface area contributed by atoms with Crippen LogP contribution in [-0.4, -0.2) is 5.11 Å². The Morgan fingerprint density at radius 2 is 1.10 bits per heavy atom. The zero-order chi connectivity index (χ0) is 21.1. The quantitative estimate of drug-likeness (QED) is 0.231. The first-order valence-electron chi connectivity index (χ1n) is 10.3. The summed E-state index contributed by atoms with van der Waals surface area (Å²) in [6.07, 6.45) is 1.72. The van der Waals surface area contributed by atoms with Gasteiger partial charge in [0.05, 0.1) is 0 Å². The maximum absolute atomic E-state index is 10.9. The Hall–Kier alpha value is -2.16. The maximum atomic E-state index is 10.9. The van der Waals surface area contributed by atoms with Gasteiger partial charge >= 0.3 is 193 Å². The van der Waals surface area contributed by atoms with Crippen LogP contribution in [0.25, 0.3) is 0 Å². The topological polar surface area (TPSA) is 20.2 Å². The molecule has 0 radical (unpaired) electrons. The summed E-state index contributed by atoms with van der Waals surface area (Å²) in [7, 11) is 0. The Labute approximate surface area is 192 Å². The zero-order valence-electron chi connectivity index (χ0n) is 17.1. The van der Waals surface area contributed by atoms with E-state index in [0.29, 0.717) is 5.75 Å². The van der Waals surface area contributed by atoms with Crippen LogP contribution < -0.4 is 15.9 Å². The number of benzene rings is 4. The van der Waals surface area contributed by atoms with E-state index in [1.807, 2.05) is 12.1 Å². The van der Waals surface area contributed by atoms with Crippen LogP contribution in [-0.2, 0) is 12.6 Å². The average Bonchev–Trinajstić information content (AvgIpc) is 2.82. The summed E-state index contributed by atoms with van der Waals surface area (Å²) >= 11 is 2.77. The number of aryl methyl sites for hydroxylation is 1. The van der Waals surface area contributed by atoms with Gasteiger partial charge in [0.1, 0.15) is 0 Å². The average molecular weight is 524 g/mol. The second-order valence-electron chi connectivity index (χ2n) is 7.66. The van der Waals surface area contributed by atoms with Crippen molar-refractivity contribution in [3.8, 4) is 5.75 Å². The monoisotopic (exact) mass is 524 g/mol. The van der Waals surface area contributed by atoms with Gasteiger partial charge in [0, 0.05) is 0 Å². The second kappa shape index (κ2) is 8.53. The Morgan fingerprint density at radius 3 is 1.50 bits per heavy atom. The minimum absolute atomic E-state index is 0.376. The Kier molecular flexibility index (Phi) is 5.99. The summed E-state index contributed by atoms with van der Waals surface area (Å²) < 4.78 is -2.94. The molecule has 0 aliphatic rings. The number of aromatic hydroxyl groups is 1. The molecule has 0 unspecified atom stereocenters. The van der Waals surface area contributed by atoms with E-state index in [4.69, 9.17) is 0 Å². The van der Waals surface area contributed by atoms with Crippen LogP contribution in [0.15, 0.2) is 109 Å². The first-order valence-corrected chi connectivity index (χ1v) is 15.5. The van der Waals surface area contributed by atoms with E-state index >= 15 is 0 Å². The Morgan fingerprint density at radius 1 is 0.667 bits per heavy atom. The van der Waals surface area contributed by atoms with Crippen molar-refractivity contribution in [2.45, 2.75) is 19.5 Å². The molecule has 0 amide bonds. The second-order valence-corrected chi connectivity index (χ2v) is 18.3. The molecule has 0 aliphatic carbocycles. The van der Waals surface area contributed by atoms with Gasteiger partial charge in [0.2, 0.25) is 0 Å². The fourth-order valence-corrected chi connectivity index (χ4v) is 13.0. The van der Waals surface area contributed by atoms with Crippen molar-refractivity contribution in [2.75, 3.05) is 0 Å². The molecule has 0 aromatic heterocycles. The van der Waals surface area contributed by atoms with Crippen molar-refractivity contribution in [3.05, 3.63) is 120 Å². The fourth-order valence-electron chi connectivity index (χ4n) is 4.24. The molecule has 1 nitrogen and oxygen atoms in total. The summed E-state index contributed by atoms with van der Waals surface area (Å²) in [6, 6.07) is 38.6. The molecule has 0 bridgehead atoms. The number of phenols is 1. The summed E-state index contributed by atoms with van der Waals surface area (Å²) in [5.41, 5.74) is 2.26. The van der Waals surface area contributed by atoms with Crippen molar-refractivity contribution in [2.24, 2.45) is 0 Å². The van der Waals surface area contributed by atoms with Gasteiger partial charge in [-0.3, -0.25) is 0 Å². The molecule has 3 heteroatoms. The third-order valence-electron chi connectivity index (χ3n) is 5.90. The zero-order valence-corrected chi connectivity index (χ0v) is 20.1. The Balaban J connectivity index is 2.09. The van der Waals surface area contributed by atoms with Crippen LogP contribution in [0.4, 0.5) is 0 Å². The minimum atomic E-state index is -2.94. The van der Waals surface area contributed by atoms with Gasteiger partial charge in [-0.2, -0.15) is 0 Å². The molecule has 0 saturated heterocycles. The van der Waals surface area contributed by atoms with E-state index in [1.54, 1.807) is 0 Å². The van der Waals surface area contributed by atoms with E-state index in [-0.39, 0.29) is 0 Å². The SMILES string of the molecule is CCc1ccc(O)c(CP(I)(c2ccccc2)(c2ccccc2)c2ccccc2)c1. The van der Waals surface area contributed by atoms with Gasteiger partial charge in [0.25, 0.3) is 0 Å². The van der Waals surface area contributed by atoms with Crippen LogP contribution >= 0.6 is 26.3 Å². The molecule has 1 N–H and O–H groups in total. The van der Waals surface area contributed by atoms with Gasteiger partial charge in [-0.1, -0.05) is 0 Å². The molecule has 4 rings (SSSR count). The van der Waals surface area contributed by atoms with Crippen LogP contribution in [0, 0.1) is 0 Å². The van der Waals surface area contributed by atoms with E-state index in [0.717, 1.165) is 18.1 Å². The third-order valence-corrected chi connectivity index (χ3v) is 17.0. The van der Waals surface area contributed by atoms with Crippen LogP contribution in [0.3, 0.4) is 0 Å². The molecular weight excluding hydrogens is 498 g/mol. The van der Waals surface area contributed by atoms with Crippen molar-refractivity contribution in [3.63, 3.8) is 0 Å². The third kappa shape index (κ3) is 3.57. The molecule has 0 spiro atoms. The van der Waals surface area contributed by atoms with Crippen LogP contribution in [0.1, 0.15) is 18.1 Å². The van der Waals surface area contributed by atoms with Crippen molar-refractivity contribution in [1.82, 2.24) is 0 Å². The van der Waals surface area contributed by atoms with Crippen LogP contribution in [0.2, 0.25) is 0 Å². The Bertz CT molecular complexity index is 1030. The first-order chi connectivity index (χ1) is 14.6.